The van der Waals surface area contributed by atoms with E-state index < -0.39 is 0 Å². The first-order valence-electron chi connectivity index (χ1n) is 8.40. The number of hydrogen-bond acceptors (Lipinski definition) is 3. The number of carbonyl (C=O) groups excluding carboxylic acids is 1. The molecule has 1 aliphatic rings. The van der Waals surface area contributed by atoms with Crippen LogP contribution in [-0.2, 0) is 16.0 Å². The van der Waals surface area contributed by atoms with E-state index in [1.165, 1.54) is 5.56 Å². The molecule has 0 spiro atoms. The molecule has 0 atom stereocenters. The minimum atomic E-state index is -0.0563. The Labute approximate surface area is 138 Å². The Morgan fingerprint density at radius 1 is 1.30 bits per heavy atom. The van der Waals surface area contributed by atoms with Crippen molar-refractivity contribution in [1.29, 1.82) is 0 Å². The summed E-state index contributed by atoms with van der Waals surface area (Å²) in [5, 5.41) is 3.42. The van der Waals surface area contributed by atoms with Gasteiger partial charge in [0.1, 0.15) is 0 Å². The Hall–Kier alpha value is -2.04. The molecule has 0 bridgehead atoms. The average Bonchev–Trinajstić information content (AvgIpc) is 2.60. The summed E-state index contributed by atoms with van der Waals surface area (Å²) < 4.78 is 5.11. The Morgan fingerprint density at radius 2 is 2.00 bits per heavy atom. The van der Waals surface area contributed by atoms with Crippen molar-refractivity contribution in [2.75, 3.05) is 33.3 Å². The molecule has 1 fully saturated rings. The molecule has 0 aliphatic carbocycles. The summed E-state index contributed by atoms with van der Waals surface area (Å²) in [5.74, 6) is 0.899. The highest BCUT2D eigenvalue weighted by atomic mass is 16.5. The first-order chi connectivity index (χ1) is 11.2. The van der Waals surface area contributed by atoms with Crippen LogP contribution in [0.25, 0.3) is 0 Å². The SMILES string of the molecule is CCOC(=O)C1CCN(C(=NC)NCCc2ccccc2)CC1. The first-order valence-corrected chi connectivity index (χ1v) is 8.40. The van der Waals surface area contributed by atoms with Crippen LogP contribution < -0.4 is 5.32 Å². The number of aliphatic imine (C=N–C) groups is 1. The Balaban J connectivity index is 1.76. The summed E-state index contributed by atoms with van der Waals surface area (Å²) in [4.78, 5) is 18.4. The van der Waals surface area contributed by atoms with Gasteiger partial charge in [-0.15, -0.1) is 0 Å². The third kappa shape index (κ3) is 5.27. The molecule has 23 heavy (non-hydrogen) atoms. The molecule has 5 nitrogen and oxygen atoms in total. The minimum Gasteiger partial charge on any atom is -0.466 e. The Kier molecular flexibility index (Phi) is 6.91. The second-order valence-electron chi connectivity index (χ2n) is 5.72. The summed E-state index contributed by atoms with van der Waals surface area (Å²) in [6.45, 7) is 4.85. The zero-order valence-electron chi connectivity index (χ0n) is 14.1. The monoisotopic (exact) mass is 317 g/mol. The molecule has 1 heterocycles. The van der Waals surface area contributed by atoms with E-state index >= 15 is 0 Å². The molecule has 2 rings (SSSR count). The van der Waals surface area contributed by atoms with Gasteiger partial charge in [0.25, 0.3) is 0 Å². The lowest BCUT2D eigenvalue weighted by molar-refractivity contribution is -0.149. The van der Waals surface area contributed by atoms with Gasteiger partial charge in [-0.25, -0.2) is 0 Å². The van der Waals surface area contributed by atoms with Crippen LogP contribution >= 0.6 is 0 Å². The highest BCUT2D eigenvalue weighted by Gasteiger charge is 2.27. The molecule has 5 heteroatoms. The third-order valence-corrected chi connectivity index (χ3v) is 4.17. The van der Waals surface area contributed by atoms with Gasteiger partial charge in [0.05, 0.1) is 12.5 Å². The number of likely N-dealkylation sites (tertiary alicyclic amines) is 1. The summed E-state index contributed by atoms with van der Waals surface area (Å²) in [6.07, 6.45) is 2.63. The number of hydrogen-bond donors (Lipinski definition) is 1. The van der Waals surface area contributed by atoms with E-state index in [1.54, 1.807) is 0 Å². The van der Waals surface area contributed by atoms with Gasteiger partial charge in [0.2, 0.25) is 0 Å². The van der Waals surface area contributed by atoms with Crippen molar-refractivity contribution >= 4 is 11.9 Å². The fourth-order valence-electron chi connectivity index (χ4n) is 2.88. The summed E-state index contributed by atoms with van der Waals surface area (Å²) in [7, 11) is 1.81. The molecular formula is C18H27N3O2. The fraction of sp³-hybridized carbons (Fsp3) is 0.556. The van der Waals surface area contributed by atoms with Gasteiger partial charge in [0.15, 0.2) is 5.96 Å². The summed E-state index contributed by atoms with van der Waals surface area (Å²) >= 11 is 0. The Bertz CT molecular complexity index is 508. The van der Waals surface area contributed by atoms with E-state index in [2.05, 4.69) is 39.5 Å². The van der Waals surface area contributed by atoms with Crippen LogP contribution in [0.15, 0.2) is 35.3 Å². The van der Waals surface area contributed by atoms with Gasteiger partial charge >= 0.3 is 5.97 Å². The predicted molar refractivity (Wildman–Crippen MR) is 92.4 cm³/mol. The van der Waals surface area contributed by atoms with Crippen LogP contribution in [-0.4, -0.2) is 50.1 Å². The van der Waals surface area contributed by atoms with E-state index in [1.807, 2.05) is 20.0 Å². The van der Waals surface area contributed by atoms with E-state index in [0.717, 1.165) is 44.9 Å². The molecule has 0 radical (unpaired) electrons. The quantitative estimate of drug-likeness (QED) is 0.513. The van der Waals surface area contributed by atoms with Gasteiger partial charge < -0.3 is 15.0 Å². The van der Waals surface area contributed by atoms with Gasteiger partial charge in [-0.3, -0.25) is 9.79 Å². The van der Waals surface area contributed by atoms with Gasteiger partial charge in [-0.05, 0) is 31.7 Å². The van der Waals surface area contributed by atoms with Crippen molar-refractivity contribution in [2.45, 2.75) is 26.2 Å². The second kappa shape index (κ2) is 9.18. The standard InChI is InChI=1S/C18H27N3O2/c1-3-23-17(22)16-10-13-21(14-11-16)18(19-2)20-12-9-15-7-5-4-6-8-15/h4-8,16H,3,9-14H2,1-2H3,(H,19,20). The number of rotatable bonds is 5. The van der Waals surface area contributed by atoms with Crippen molar-refractivity contribution in [3.05, 3.63) is 35.9 Å². The average molecular weight is 317 g/mol. The van der Waals surface area contributed by atoms with E-state index in [-0.39, 0.29) is 11.9 Å². The third-order valence-electron chi connectivity index (χ3n) is 4.17. The maximum atomic E-state index is 11.8. The van der Waals surface area contributed by atoms with Gasteiger partial charge in [-0.1, -0.05) is 30.3 Å². The zero-order valence-corrected chi connectivity index (χ0v) is 14.1. The molecule has 0 saturated carbocycles. The number of nitrogens with one attached hydrogen (secondary N) is 1. The molecule has 1 aromatic rings. The molecule has 1 saturated heterocycles. The summed E-state index contributed by atoms with van der Waals surface area (Å²) in [5.41, 5.74) is 1.32. The highest BCUT2D eigenvalue weighted by molar-refractivity contribution is 5.80. The Morgan fingerprint density at radius 3 is 2.61 bits per heavy atom. The van der Waals surface area contributed by atoms with Crippen LogP contribution in [0.1, 0.15) is 25.3 Å². The van der Waals surface area contributed by atoms with Crippen LogP contribution in [0, 0.1) is 5.92 Å². The lowest BCUT2D eigenvalue weighted by atomic mass is 9.97. The first kappa shape index (κ1) is 17.3. The molecule has 0 aromatic heterocycles. The van der Waals surface area contributed by atoms with Crippen molar-refractivity contribution < 1.29 is 9.53 Å². The van der Waals surface area contributed by atoms with Crippen LogP contribution in [0.3, 0.4) is 0 Å². The molecule has 0 unspecified atom stereocenters. The molecule has 1 aromatic carbocycles. The molecule has 0 amide bonds. The zero-order chi connectivity index (χ0) is 16.5. The van der Waals surface area contributed by atoms with Crippen molar-refractivity contribution in [3.8, 4) is 0 Å². The maximum absolute atomic E-state index is 11.8. The minimum absolute atomic E-state index is 0.0358. The van der Waals surface area contributed by atoms with Crippen LogP contribution in [0.2, 0.25) is 0 Å². The van der Waals surface area contributed by atoms with Gasteiger partial charge in [0, 0.05) is 26.7 Å². The predicted octanol–water partition coefficient (Wildman–Crippen LogP) is 2.08. The lowest BCUT2D eigenvalue weighted by Crippen LogP contribution is -2.47. The van der Waals surface area contributed by atoms with Crippen LogP contribution in [0.5, 0.6) is 0 Å². The number of carbonyl (C=O) groups is 1. The van der Waals surface area contributed by atoms with Crippen LogP contribution in [0.4, 0.5) is 0 Å². The fourth-order valence-corrected chi connectivity index (χ4v) is 2.88. The van der Waals surface area contributed by atoms with Crippen molar-refractivity contribution in [2.24, 2.45) is 10.9 Å². The number of nitrogens with zero attached hydrogens (tertiary/aromatic N) is 2. The van der Waals surface area contributed by atoms with E-state index in [0.29, 0.717) is 6.61 Å². The molecule has 1 N–H and O–H groups in total. The maximum Gasteiger partial charge on any atom is 0.309 e. The molecular weight excluding hydrogens is 290 g/mol. The van der Waals surface area contributed by atoms with Crippen molar-refractivity contribution in [1.82, 2.24) is 10.2 Å². The number of guanidine groups is 1. The molecule has 126 valence electrons. The topological polar surface area (TPSA) is 53.9 Å². The van der Waals surface area contributed by atoms with Gasteiger partial charge in [-0.2, -0.15) is 0 Å². The largest absolute Gasteiger partial charge is 0.466 e. The molecule has 1 aliphatic heterocycles. The highest BCUT2D eigenvalue weighted by Crippen LogP contribution is 2.18. The number of piperidine rings is 1. The number of benzene rings is 1. The second-order valence-corrected chi connectivity index (χ2v) is 5.72. The van der Waals surface area contributed by atoms with E-state index in [4.69, 9.17) is 4.74 Å². The number of esters is 1. The van der Waals surface area contributed by atoms with Crippen molar-refractivity contribution in [3.63, 3.8) is 0 Å². The summed E-state index contributed by atoms with van der Waals surface area (Å²) in [6, 6.07) is 10.4. The normalized spacial score (nSPS) is 16.3. The van der Waals surface area contributed by atoms with E-state index in [9.17, 15) is 4.79 Å². The smallest absolute Gasteiger partial charge is 0.309 e. The lowest BCUT2D eigenvalue weighted by Gasteiger charge is -2.33. The number of ether oxygens (including phenoxy) is 1.